The smallest absolute Gasteiger partial charge is 0.185 e. The van der Waals surface area contributed by atoms with Crippen molar-refractivity contribution in [1.82, 2.24) is 0 Å². The van der Waals surface area contributed by atoms with Crippen molar-refractivity contribution in [1.29, 1.82) is 0 Å². The number of hydrogen-bond donors (Lipinski definition) is 4. The summed E-state index contributed by atoms with van der Waals surface area (Å²) < 4.78 is 0. The Labute approximate surface area is 150 Å². The second-order valence-corrected chi connectivity index (χ2v) is 4.69. The van der Waals surface area contributed by atoms with Crippen molar-refractivity contribution in [2.24, 2.45) is 32.9 Å². The number of hydrogen-bond acceptors (Lipinski definition) is 4. The molecule has 0 spiro atoms. The van der Waals surface area contributed by atoms with Crippen molar-refractivity contribution >= 4 is 11.7 Å². The maximum absolute atomic E-state index is 5.14. The molecule has 0 amide bonds. The first-order valence-corrected chi connectivity index (χ1v) is 9.13. The molecule has 1 aliphatic rings. The Hall–Kier alpha value is -1.40. The Balaban J connectivity index is -0.000000109. The van der Waals surface area contributed by atoms with Gasteiger partial charge in [-0.25, -0.2) is 0 Å². The SMILES string of the molecule is CC.CC1=NC=CC1.CCCCN.CCCN.CCCN=C(N)N. The fourth-order valence-electron chi connectivity index (χ4n) is 0.901. The fraction of sp³-hybridized carbons (Fsp3) is 0.778. The van der Waals surface area contributed by atoms with Gasteiger partial charge in [0.05, 0.1) is 0 Å². The summed E-state index contributed by atoms with van der Waals surface area (Å²) in [5, 5.41) is 0. The highest BCUT2D eigenvalue weighted by molar-refractivity contribution is 5.85. The molecular formula is C18H44N6. The van der Waals surface area contributed by atoms with Gasteiger partial charge in [-0.15, -0.1) is 0 Å². The molecule has 0 aromatic carbocycles. The van der Waals surface area contributed by atoms with Gasteiger partial charge in [0.25, 0.3) is 0 Å². The van der Waals surface area contributed by atoms with E-state index >= 15 is 0 Å². The highest BCUT2D eigenvalue weighted by Crippen LogP contribution is 1.96. The number of aliphatic imine (C=N–C) groups is 2. The molecule has 0 unspecified atom stereocenters. The summed E-state index contributed by atoms with van der Waals surface area (Å²) in [7, 11) is 0. The van der Waals surface area contributed by atoms with E-state index in [9.17, 15) is 0 Å². The van der Waals surface area contributed by atoms with Crippen LogP contribution in [0.3, 0.4) is 0 Å². The summed E-state index contributed by atoms with van der Waals surface area (Å²) in [4.78, 5) is 7.69. The molecule has 0 aliphatic carbocycles. The van der Waals surface area contributed by atoms with Crippen LogP contribution in [-0.4, -0.2) is 31.3 Å². The van der Waals surface area contributed by atoms with Crippen LogP contribution in [0.2, 0.25) is 0 Å². The largest absolute Gasteiger partial charge is 0.370 e. The summed E-state index contributed by atoms with van der Waals surface area (Å²) in [6.07, 6.45) is 9.43. The van der Waals surface area contributed by atoms with E-state index in [2.05, 4.69) is 29.9 Å². The Kier molecular flexibility index (Phi) is 42.2. The molecule has 0 saturated carbocycles. The third-order valence-corrected chi connectivity index (χ3v) is 2.18. The number of rotatable bonds is 5. The summed E-state index contributed by atoms with van der Waals surface area (Å²) >= 11 is 0. The lowest BCUT2D eigenvalue weighted by molar-refractivity contribution is 0.807. The fourth-order valence-corrected chi connectivity index (χ4v) is 0.901. The van der Waals surface area contributed by atoms with E-state index in [1.807, 2.05) is 33.9 Å². The molecule has 0 aromatic heterocycles. The van der Waals surface area contributed by atoms with Gasteiger partial charge in [-0.1, -0.05) is 47.1 Å². The van der Waals surface area contributed by atoms with E-state index in [0.717, 1.165) is 38.9 Å². The van der Waals surface area contributed by atoms with Crippen molar-refractivity contribution < 1.29 is 0 Å². The number of nitrogens with zero attached hydrogens (tertiary/aromatic N) is 2. The third-order valence-electron chi connectivity index (χ3n) is 2.18. The summed E-state index contributed by atoms with van der Waals surface area (Å²) in [5.74, 6) is 0.182. The molecule has 0 aromatic rings. The molecule has 1 rings (SSSR count). The van der Waals surface area contributed by atoms with E-state index in [0.29, 0.717) is 0 Å². The standard InChI is InChI=1S/C5H7N.C4H11N3.C4H11N.C3H9N.C2H6/c1-5-3-2-4-6-5;1-2-3-7-4(5)6;1-2-3-4-5;1-2-3-4;1-2/h2,4H,3H2,1H3;2-3H2,1H3,(H4,5,6,7);2-5H2,1H3;2-4H2,1H3;1-2H3. The van der Waals surface area contributed by atoms with Crippen molar-refractivity contribution in [3.05, 3.63) is 12.3 Å². The van der Waals surface area contributed by atoms with Gasteiger partial charge >= 0.3 is 0 Å². The minimum Gasteiger partial charge on any atom is -0.370 e. The molecular weight excluding hydrogens is 300 g/mol. The van der Waals surface area contributed by atoms with Crippen molar-refractivity contribution in [3.63, 3.8) is 0 Å². The normalized spacial score (nSPS) is 10.2. The van der Waals surface area contributed by atoms with Crippen molar-refractivity contribution in [3.8, 4) is 0 Å². The summed E-state index contributed by atoms with van der Waals surface area (Å²) in [6.45, 7) is 14.6. The van der Waals surface area contributed by atoms with Gasteiger partial charge in [0.1, 0.15) is 0 Å². The van der Waals surface area contributed by atoms with Crippen LogP contribution in [0.25, 0.3) is 0 Å². The Morgan fingerprint density at radius 3 is 1.67 bits per heavy atom. The minimum atomic E-state index is 0.182. The highest BCUT2D eigenvalue weighted by atomic mass is 15.0. The quantitative estimate of drug-likeness (QED) is 0.451. The van der Waals surface area contributed by atoms with Gasteiger partial charge in [-0.05, 0) is 39.3 Å². The van der Waals surface area contributed by atoms with E-state index in [-0.39, 0.29) is 5.96 Å². The Morgan fingerprint density at radius 2 is 1.58 bits per heavy atom. The zero-order valence-corrected chi connectivity index (χ0v) is 17.0. The molecule has 0 bridgehead atoms. The van der Waals surface area contributed by atoms with Crippen LogP contribution in [0.5, 0.6) is 0 Å². The van der Waals surface area contributed by atoms with E-state index < -0.39 is 0 Å². The lowest BCUT2D eigenvalue weighted by Gasteiger charge is -1.86. The first-order valence-electron chi connectivity index (χ1n) is 9.13. The van der Waals surface area contributed by atoms with Crippen LogP contribution in [0.1, 0.15) is 73.6 Å². The monoisotopic (exact) mass is 344 g/mol. The molecule has 24 heavy (non-hydrogen) atoms. The lowest BCUT2D eigenvalue weighted by atomic mass is 10.3. The van der Waals surface area contributed by atoms with Gasteiger partial charge in [0.15, 0.2) is 5.96 Å². The average Bonchev–Trinajstić information content (AvgIpc) is 3.08. The Morgan fingerprint density at radius 1 is 1.04 bits per heavy atom. The number of allylic oxidation sites excluding steroid dienone is 1. The van der Waals surface area contributed by atoms with Crippen LogP contribution >= 0.6 is 0 Å². The van der Waals surface area contributed by atoms with Crippen LogP contribution in [0.15, 0.2) is 22.3 Å². The third kappa shape index (κ3) is 49.8. The molecule has 1 heterocycles. The predicted molar refractivity (Wildman–Crippen MR) is 112 cm³/mol. The maximum atomic E-state index is 5.14. The molecule has 1 aliphatic heterocycles. The molecule has 0 fully saturated rings. The average molecular weight is 345 g/mol. The first-order chi connectivity index (χ1) is 11.5. The molecule has 0 radical (unpaired) electrons. The van der Waals surface area contributed by atoms with Gasteiger partial charge in [-0.2, -0.15) is 0 Å². The molecule has 146 valence electrons. The molecule has 0 saturated heterocycles. The zero-order chi connectivity index (χ0) is 19.6. The van der Waals surface area contributed by atoms with Crippen LogP contribution in [-0.2, 0) is 0 Å². The maximum Gasteiger partial charge on any atom is 0.185 e. The van der Waals surface area contributed by atoms with E-state index in [1.165, 1.54) is 18.6 Å². The number of nitrogens with two attached hydrogens (primary N) is 4. The predicted octanol–water partition coefficient (Wildman–Crippen LogP) is 3.16. The lowest BCUT2D eigenvalue weighted by Crippen LogP contribution is -2.22. The molecule has 6 heteroatoms. The van der Waals surface area contributed by atoms with E-state index in [4.69, 9.17) is 22.9 Å². The highest BCUT2D eigenvalue weighted by Gasteiger charge is 1.88. The molecule has 0 atom stereocenters. The number of unbranched alkanes of at least 4 members (excludes halogenated alkanes) is 1. The second kappa shape index (κ2) is 33.3. The second-order valence-electron chi connectivity index (χ2n) is 4.69. The Bertz CT molecular complexity index is 277. The zero-order valence-electron chi connectivity index (χ0n) is 17.0. The van der Waals surface area contributed by atoms with E-state index in [1.54, 1.807) is 0 Å². The number of guanidine groups is 1. The van der Waals surface area contributed by atoms with Crippen molar-refractivity contribution in [2.45, 2.75) is 73.6 Å². The topological polar surface area (TPSA) is 129 Å². The van der Waals surface area contributed by atoms with Crippen molar-refractivity contribution in [2.75, 3.05) is 19.6 Å². The molecule has 8 N–H and O–H groups in total. The van der Waals surface area contributed by atoms with Gasteiger partial charge < -0.3 is 22.9 Å². The summed E-state index contributed by atoms with van der Waals surface area (Å²) in [5.41, 5.74) is 21.4. The molecule has 6 nitrogen and oxygen atoms in total. The van der Waals surface area contributed by atoms with Gasteiger partial charge in [-0.3, -0.25) is 9.98 Å². The summed E-state index contributed by atoms with van der Waals surface area (Å²) in [6, 6.07) is 0. The van der Waals surface area contributed by atoms with Gasteiger partial charge in [0.2, 0.25) is 0 Å². The minimum absolute atomic E-state index is 0.182. The van der Waals surface area contributed by atoms with Crippen LogP contribution in [0.4, 0.5) is 0 Å². The van der Waals surface area contributed by atoms with Gasteiger partial charge in [0, 0.05) is 24.9 Å². The van der Waals surface area contributed by atoms with Crippen LogP contribution < -0.4 is 22.9 Å². The first kappa shape index (κ1) is 30.5. The van der Waals surface area contributed by atoms with Crippen LogP contribution in [0, 0.1) is 0 Å².